The van der Waals surface area contributed by atoms with Crippen LogP contribution in [0.5, 0.6) is 5.75 Å². The smallest absolute Gasteiger partial charge is 0.407 e. The topological polar surface area (TPSA) is 77.8 Å². The van der Waals surface area contributed by atoms with Crippen molar-refractivity contribution in [2.45, 2.75) is 19.3 Å². The van der Waals surface area contributed by atoms with Crippen LogP contribution in [-0.4, -0.2) is 40.1 Å². The maximum atomic E-state index is 11.9. The molecule has 5 nitrogen and oxygen atoms in total. The molecule has 0 aromatic heterocycles. The Bertz CT molecular complexity index is 498. The van der Waals surface area contributed by atoms with Crippen LogP contribution < -0.4 is 0 Å². The van der Waals surface area contributed by atoms with Gasteiger partial charge in [-0.05, 0) is 30.2 Å². The summed E-state index contributed by atoms with van der Waals surface area (Å²) in [4.78, 5) is 24.1. The highest BCUT2D eigenvalue weighted by Crippen LogP contribution is 2.28. The lowest BCUT2D eigenvalue weighted by molar-refractivity contribution is -0.122. The molecule has 1 atom stereocenters. The van der Waals surface area contributed by atoms with Crippen molar-refractivity contribution in [1.29, 1.82) is 0 Å². The predicted octanol–water partition coefficient (Wildman–Crippen LogP) is 1.74. The third kappa shape index (κ3) is 2.30. The molecule has 96 valence electrons. The first-order valence-corrected chi connectivity index (χ1v) is 5.79. The number of phenols is 1. The predicted molar refractivity (Wildman–Crippen MR) is 64.8 cm³/mol. The highest BCUT2D eigenvalue weighted by atomic mass is 16.4. The van der Waals surface area contributed by atoms with Gasteiger partial charge in [0.1, 0.15) is 11.5 Å². The van der Waals surface area contributed by atoms with Gasteiger partial charge in [-0.2, -0.15) is 0 Å². The monoisotopic (exact) mass is 249 g/mol. The van der Waals surface area contributed by atoms with Crippen LogP contribution in [-0.2, 0) is 4.79 Å². The zero-order valence-electron chi connectivity index (χ0n) is 10.1. The molecule has 2 N–H and O–H groups in total. The molecule has 0 bridgehead atoms. The minimum Gasteiger partial charge on any atom is -0.508 e. The Morgan fingerprint density at radius 3 is 2.78 bits per heavy atom. The molecule has 1 heterocycles. The first-order chi connectivity index (χ1) is 8.49. The minimum absolute atomic E-state index is 0.0567. The molecule has 1 unspecified atom stereocenters. The number of aryl methyl sites for hydroxylation is 1. The Morgan fingerprint density at radius 2 is 2.17 bits per heavy atom. The molecule has 18 heavy (non-hydrogen) atoms. The Hall–Kier alpha value is -2.04. The van der Waals surface area contributed by atoms with Crippen molar-refractivity contribution in [3.8, 4) is 5.75 Å². The number of aromatic hydroxyl groups is 1. The first-order valence-electron chi connectivity index (χ1n) is 5.79. The van der Waals surface area contributed by atoms with Crippen molar-refractivity contribution in [3.63, 3.8) is 0 Å². The number of phenolic OH excluding ortho intramolecular Hbond substituents is 1. The number of piperidine rings is 1. The second-order valence-corrected chi connectivity index (χ2v) is 4.54. The summed E-state index contributed by atoms with van der Waals surface area (Å²) in [5.41, 5.74) is 1.60. The van der Waals surface area contributed by atoms with Crippen LogP contribution in [0.3, 0.4) is 0 Å². The molecule has 0 aliphatic carbocycles. The summed E-state index contributed by atoms with van der Waals surface area (Å²) in [6.07, 6.45) is -0.749. The summed E-state index contributed by atoms with van der Waals surface area (Å²) < 4.78 is 0. The van der Waals surface area contributed by atoms with Crippen LogP contribution in [0.4, 0.5) is 4.79 Å². The number of amides is 1. The number of hydrogen-bond acceptors (Lipinski definition) is 3. The Morgan fingerprint density at radius 1 is 1.44 bits per heavy atom. The van der Waals surface area contributed by atoms with Crippen LogP contribution in [0.1, 0.15) is 23.5 Å². The number of Topliss-reactive ketones (excluding diaryl/α,β-unsaturated/α-hetero) is 1. The summed E-state index contributed by atoms with van der Waals surface area (Å²) >= 11 is 0. The fraction of sp³-hybridized carbons (Fsp3) is 0.385. The zero-order chi connectivity index (χ0) is 13.3. The number of likely N-dealkylation sites (tertiary alicyclic amines) is 1. The lowest BCUT2D eigenvalue weighted by Gasteiger charge is -2.30. The van der Waals surface area contributed by atoms with Gasteiger partial charge in [0.25, 0.3) is 0 Å². The lowest BCUT2D eigenvalue weighted by Crippen LogP contribution is -2.42. The second-order valence-electron chi connectivity index (χ2n) is 4.54. The summed E-state index contributed by atoms with van der Waals surface area (Å²) in [5.74, 6) is -0.216. The molecule has 2 rings (SSSR count). The maximum Gasteiger partial charge on any atom is 0.407 e. The third-order valence-corrected chi connectivity index (χ3v) is 3.32. The average molecular weight is 249 g/mol. The van der Waals surface area contributed by atoms with Crippen molar-refractivity contribution >= 4 is 11.9 Å². The lowest BCUT2D eigenvalue weighted by atomic mass is 9.87. The van der Waals surface area contributed by atoms with Gasteiger partial charge >= 0.3 is 6.09 Å². The van der Waals surface area contributed by atoms with E-state index in [2.05, 4.69) is 0 Å². The van der Waals surface area contributed by atoms with Gasteiger partial charge in [-0.1, -0.05) is 6.07 Å². The van der Waals surface area contributed by atoms with E-state index >= 15 is 0 Å². The van der Waals surface area contributed by atoms with Crippen LogP contribution in [0, 0.1) is 6.92 Å². The zero-order valence-corrected chi connectivity index (χ0v) is 10.1. The molecule has 1 fully saturated rings. The largest absolute Gasteiger partial charge is 0.508 e. The molecular formula is C13H15NO4. The molecule has 1 aliphatic rings. The van der Waals surface area contributed by atoms with Gasteiger partial charge in [0.15, 0.2) is 0 Å². The first kappa shape index (κ1) is 12.4. The molecule has 0 saturated carbocycles. The van der Waals surface area contributed by atoms with Gasteiger partial charge in [-0.3, -0.25) is 4.79 Å². The van der Waals surface area contributed by atoms with Gasteiger partial charge < -0.3 is 15.1 Å². The molecule has 1 aromatic rings. The van der Waals surface area contributed by atoms with E-state index in [1.54, 1.807) is 12.1 Å². The fourth-order valence-corrected chi connectivity index (χ4v) is 2.33. The van der Waals surface area contributed by atoms with Crippen LogP contribution >= 0.6 is 0 Å². The summed E-state index contributed by atoms with van der Waals surface area (Å²) in [7, 11) is 0. The van der Waals surface area contributed by atoms with E-state index in [9.17, 15) is 14.7 Å². The maximum absolute atomic E-state index is 11.9. The minimum atomic E-state index is -0.996. The Labute approximate surface area is 105 Å². The summed E-state index contributed by atoms with van der Waals surface area (Å²) in [6.45, 7) is 2.27. The summed E-state index contributed by atoms with van der Waals surface area (Å²) in [6, 6.07) is 4.80. The molecule has 1 aliphatic heterocycles. The molecule has 1 saturated heterocycles. The number of carbonyl (C=O) groups excluding carboxylic acids is 1. The number of hydrogen-bond donors (Lipinski definition) is 2. The Balaban J connectivity index is 2.29. The SMILES string of the molecule is Cc1cc(O)ccc1C1CN(C(=O)O)CCC1=O. The van der Waals surface area contributed by atoms with Crippen molar-refractivity contribution in [2.75, 3.05) is 13.1 Å². The normalized spacial score (nSPS) is 19.9. The fourth-order valence-electron chi connectivity index (χ4n) is 2.33. The van der Waals surface area contributed by atoms with Crippen molar-refractivity contribution < 1.29 is 19.8 Å². The van der Waals surface area contributed by atoms with Gasteiger partial charge in [-0.15, -0.1) is 0 Å². The van der Waals surface area contributed by atoms with Crippen molar-refractivity contribution in [1.82, 2.24) is 4.90 Å². The standard InChI is InChI=1S/C13H15NO4/c1-8-6-9(15)2-3-10(8)11-7-14(13(17)18)5-4-12(11)16/h2-3,6,11,15H,4-5,7H2,1H3,(H,17,18). The molecule has 1 aromatic carbocycles. The van der Waals surface area contributed by atoms with Crippen molar-refractivity contribution in [2.24, 2.45) is 0 Å². The Kier molecular flexibility index (Phi) is 3.23. The quantitative estimate of drug-likeness (QED) is 0.794. The second kappa shape index (κ2) is 4.68. The van der Waals surface area contributed by atoms with E-state index in [1.165, 1.54) is 11.0 Å². The van der Waals surface area contributed by atoms with E-state index in [1.807, 2.05) is 6.92 Å². The number of carbonyl (C=O) groups is 2. The average Bonchev–Trinajstić information content (AvgIpc) is 2.30. The number of benzene rings is 1. The molecule has 5 heteroatoms. The molecule has 0 radical (unpaired) electrons. The molecular weight excluding hydrogens is 234 g/mol. The number of rotatable bonds is 1. The van der Waals surface area contributed by atoms with Crippen molar-refractivity contribution in [3.05, 3.63) is 29.3 Å². The molecule has 0 spiro atoms. The number of carboxylic acid groups (broad SMARTS) is 1. The summed E-state index contributed by atoms with van der Waals surface area (Å²) in [5, 5.41) is 18.3. The number of nitrogens with zero attached hydrogens (tertiary/aromatic N) is 1. The van der Waals surface area contributed by atoms with Crippen LogP contribution in [0.25, 0.3) is 0 Å². The van der Waals surface area contributed by atoms with E-state index in [0.29, 0.717) is 0 Å². The molecule has 1 amide bonds. The highest BCUT2D eigenvalue weighted by Gasteiger charge is 2.31. The van der Waals surface area contributed by atoms with Crippen LogP contribution in [0.2, 0.25) is 0 Å². The van der Waals surface area contributed by atoms with E-state index in [-0.39, 0.29) is 31.0 Å². The third-order valence-electron chi connectivity index (χ3n) is 3.32. The van der Waals surface area contributed by atoms with Gasteiger partial charge in [0.05, 0.1) is 5.92 Å². The van der Waals surface area contributed by atoms with Gasteiger partial charge in [-0.25, -0.2) is 4.79 Å². The van der Waals surface area contributed by atoms with E-state index in [4.69, 9.17) is 5.11 Å². The van der Waals surface area contributed by atoms with Gasteiger partial charge in [0.2, 0.25) is 0 Å². The van der Waals surface area contributed by atoms with E-state index < -0.39 is 12.0 Å². The van der Waals surface area contributed by atoms with Gasteiger partial charge in [0, 0.05) is 19.5 Å². The number of ketones is 1. The van der Waals surface area contributed by atoms with Crippen LogP contribution in [0.15, 0.2) is 18.2 Å². The van der Waals surface area contributed by atoms with E-state index in [0.717, 1.165) is 11.1 Å². The highest BCUT2D eigenvalue weighted by molar-refractivity contribution is 5.88.